The minimum Gasteiger partial charge on any atom is -0.391 e. The summed E-state index contributed by atoms with van der Waals surface area (Å²) in [5, 5.41) is 14.4. The van der Waals surface area contributed by atoms with Crippen molar-refractivity contribution >= 4 is 16.7 Å². The molecule has 0 spiro atoms. The topological polar surface area (TPSA) is 83.8 Å². The second-order valence-electron chi connectivity index (χ2n) is 5.77. The van der Waals surface area contributed by atoms with Crippen molar-refractivity contribution in [1.29, 1.82) is 0 Å². The Kier molecular flexibility index (Phi) is 3.59. The van der Waals surface area contributed by atoms with Crippen LogP contribution in [0.25, 0.3) is 22.3 Å². The lowest BCUT2D eigenvalue weighted by Gasteiger charge is -2.18. The summed E-state index contributed by atoms with van der Waals surface area (Å²) in [6.07, 6.45) is 9.39. The highest BCUT2D eigenvalue weighted by atomic mass is 16.3. The van der Waals surface area contributed by atoms with E-state index < -0.39 is 0 Å². The second kappa shape index (κ2) is 5.89. The van der Waals surface area contributed by atoms with Crippen LogP contribution in [0.15, 0.2) is 43.0 Å². The smallest absolute Gasteiger partial charge is 0.162 e. The largest absolute Gasteiger partial charge is 0.391 e. The number of aliphatic hydroxyl groups excluding tert-OH is 1. The van der Waals surface area contributed by atoms with Gasteiger partial charge in [0.1, 0.15) is 5.82 Å². The summed E-state index contributed by atoms with van der Waals surface area (Å²) in [4.78, 5) is 17.5. The number of nitrogens with zero attached hydrogens (tertiary/aromatic N) is 4. The standard InChI is InChI=1S/C17H17N5O/c23-15-3-1-2-13(15)20-17-12-6-9-19-10-14(12)21-16(22-17)11-4-7-18-8-5-11/h4-10,13,15,23H,1-3H2,(H,20,21,22)/t13-,15+/m0/s1. The number of aliphatic hydroxyl groups is 1. The molecule has 0 unspecified atom stereocenters. The van der Waals surface area contributed by atoms with Gasteiger partial charge in [-0.15, -0.1) is 0 Å². The van der Waals surface area contributed by atoms with Crippen LogP contribution < -0.4 is 5.32 Å². The number of pyridine rings is 2. The molecule has 3 aromatic heterocycles. The van der Waals surface area contributed by atoms with Crippen LogP contribution in [0.3, 0.4) is 0 Å². The summed E-state index contributed by atoms with van der Waals surface area (Å²) in [5.41, 5.74) is 1.69. The van der Waals surface area contributed by atoms with E-state index in [9.17, 15) is 5.11 Å². The summed E-state index contributed by atoms with van der Waals surface area (Å²) >= 11 is 0. The zero-order valence-electron chi connectivity index (χ0n) is 12.6. The molecule has 0 saturated heterocycles. The predicted molar refractivity (Wildman–Crippen MR) is 87.8 cm³/mol. The van der Waals surface area contributed by atoms with Gasteiger partial charge in [0.15, 0.2) is 5.82 Å². The molecule has 0 amide bonds. The predicted octanol–water partition coefficient (Wildman–Crippen LogP) is 2.41. The molecule has 6 nitrogen and oxygen atoms in total. The maximum atomic E-state index is 10.1. The number of rotatable bonds is 3. The third-order valence-corrected chi connectivity index (χ3v) is 4.24. The fourth-order valence-electron chi connectivity index (χ4n) is 3.01. The number of nitrogens with one attached hydrogen (secondary N) is 1. The molecule has 6 heteroatoms. The summed E-state index contributed by atoms with van der Waals surface area (Å²) in [5.74, 6) is 1.37. The fraction of sp³-hybridized carbons (Fsp3) is 0.294. The van der Waals surface area contributed by atoms with Gasteiger partial charge in [-0.25, -0.2) is 9.97 Å². The van der Waals surface area contributed by atoms with Gasteiger partial charge in [-0.1, -0.05) is 0 Å². The van der Waals surface area contributed by atoms with E-state index in [0.717, 1.165) is 41.5 Å². The molecule has 0 bridgehead atoms. The van der Waals surface area contributed by atoms with Gasteiger partial charge >= 0.3 is 0 Å². The molecule has 4 rings (SSSR count). The first-order valence-electron chi connectivity index (χ1n) is 7.78. The molecule has 0 radical (unpaired) electrons. The molecule has 1 aliphatic carbocycles. The molecule has 2 atom stereocenters. The molecule has 1 fully saturated rings. The zero-order valence-corrected chi connectivity index (χ0v) is 12.6. The van der Waals surface area contributed by atoms with Crippen molar-refractivity contribution in [1.82, 2.24) is 19.9 Å². The minimum atomic E-state index is -0.328. The van der Waals surface area contributed by atoms with Crippen molar-refractivity contribution in [2.24, 2.45) is 0 Å². The van der Waals surface area contributed by atoms with Gasteiger partial charge in [0, 0.05) is 29.5 Å². The van der Waals surface area contributed by atoms with Crippen LogP contribution in [-0.2, 0) is 0 Å². The molecular weight excluding hydrogens is 290 g/mol. The Balaban J connectivity index is 1.81. The molecule has 0 aliphatic heterocycles. The van der Waals surface area contributed by atoms with Crippen LogP contribution in [0.1, 0.15) is 19.3 Å². The molecule has 1 saturated carbocycles. The molecule has 116 valence electrons. The highest BCUT2D eigenvalue weighted by molar-refractivity contribution is 5.90. The Hall–Kier alpha value is -2.60. The Morgan fingerprint density at radius 3 is 2.61 bits per heavy atom. The molecule has 0 aromatic carbocycles. The number of hydrogen-bond acceptors (Lipinski definition) is 6. The average molecular weight is 307 g/mol. The van der Waals surface area contributed by atoms with E-state index in [2.05, 4.69) is 25.3 Å². The van der Waals surface area contributed by atoms with Gasteiger partial charge < -0.3 is 10.4 Å². The van der Waals surface area contributed by atoms with Crippen molar-refractivity contribution in [3.63, 3.8) is 0 Å². The van der Waals surface area contributed by atoms with Gasteiger partial charge in [0.25, 0.3) is 0 Å². The van der Waals surface area contributed by atoms with Crippen molar-refractivity contribution in [3.8, 4) is 11.4 Å². The Morgan fingerprint density at radius 1 is 1.00 bits per heavy atom. The van der Waals surface area contributed by atoms with Crippen molar-refractivity contribution in [3.05, 3.63) is 43.0 Å². The van der Waals surface area contributed by atoms with Gasteiger partial charge in [-0.3, -0.25) is 9.97 Å². The fourth-order valence-corrected chi connectivity index (χ4v) is 3.01. The van der Waals surface area contributed by atoms with Gasteiger partial charge in [0.2, 0.25) is 0 Å². The Bertz CT molecular complexity index is 824. The third kappa shape index (κ3) is 2.73. The SMILES string of the molecule is O[C@@H]1CCC[C@@H]1Nc1nc(-c2ccncc2)nc2cnccc12. The molecule has 1 aliphatic rings. The molecule has 3 aromatic rings. The van der Waals surface area contributed by atoms with E-state index in [0.29, 0.717) is 5.82 Å². The van der Waals surface area contributed by atoms with E-state index >= 15 is 0 Å². The number of aromatic nitrogens is 4. The van der Waals surface area contributed by atoms with Crippen molar-refractivity contribution in [2.75, 3.05) is 5.32 Å². The maximum Gasteiger partial charge on any atom is 0.162 e. The number of anilines is 1. The monoisotopic (exact) mass is 307 g/mol. The Morgan fingerprint density at radius 2 is 1.83 bits per heavy atom. The van der Waals surface area contributed by atoms with Gasteiger partial charge in [-0.05, 0) is 37.5 Å². The first-order valence-corrected chi connectivity index (χ1v) is 7.78. The quantitative estimate of drug-likeness (QED) is 0.773. The molecule has 23 heavy (non-hydrogen) atoms. The van der Waals surface area contributed by atoms with Crippen LogP contribution in [-0.4, -0.2) is 37.2 Å². The van der Waals surface area contributed by atoms with E-state index in [1.54, 1.807) is 24.8 Å². The van der Waals surface area contributed by atoms with E-state index in [1.807, 2.05) is 18.2 Å². The lowest BCUT2D eigenvalue weighted by Crippen LogP contribution is -2.28. The summed E-state index contributed by atoms with van der Waals surface area (Å²) in [7, 11) is 0. The summed E-state index contributed by atoms with van der Waals surface area (Å²) in [6.45, 7) is 0. The lowest BCUT2D eigenvalue weighted by atomic mass is 10.2. The minimum absolute atomic E-state index is 0.0338. The normalized spacial score (nSPS) is 20.7. The highest BCUT2D eigenvalue weighted by Crippen LogP contribution is 2.28. The molecule has 3 heterocycles. The van der Waals surface area contributed by atoms with E-state index in [-0.39, 0.29) is 12.1 Å². The lowest BCUT2D eigenvalue weighted by molar-refractivity contribution is 0.171. The average Bonchev–Trinajstić information content (AvgIpc) is 3.00. The van der Waals surface area contributed by atoms with E-state index in [1.165, 1.54) is 0 Å². The number of fused-ring (bicyclic) bond motifs is 1. The van der Waals surface area contributed by atoms with Crippen LogP contribution in [0.4, 0.5) is 5.82 Å². The van der Waals surface area contributed by atoms with Crippen LogP contribution in [0, 0.1) is 0 Å². The number of hydrogen-bond donors (Lipinski definition) is 2. The second-order valence-corrected chi connectivity index (χ2v) is 5.77. The zero-order chi connectivity index (χ0) is 15.6. The molecule has 2 N–H and O–H groups in total. The van der Waals surface area contributed by atoms with Crippen molar-refractivity contribution in [2.45, 2.75) is 31.4 Å². The van der Waals surface area contributed by atoms with Crippen LogP contribution in [0.2, 0.25) is 0 Å². The Labute approximate surface area is 133 Å². The van der Waals surface area contributed by atoms with E-state index in [4.69, 9.17) is 0 Å². The van der Waals surface area contributed by atoms with Crippen LogP contribution >= 0.6 is 0 Å². The summed E-state index contributed by atoms with van der Waals surface area (Å²) in [6, 6.07) is 5.69. The van der Waals surface area contributed by atoms with Crippen LogP contribution in [0.5, 0.6) is 0 Å². The molecular formula is C17H17N5O. The van der Waals surface area contributed by atoms with Gasteiger partial charge in [0.05, 0.1) is 23.9 Å². The third-order valence-electron chi connectivity index (χ3n) is 4.24. The first-order chi connectivity index (χ1) is 11.3. The maximum absolute atomic E-state index is 10.1. The van der Waals surface area contributed by atoms with Crippen molar-refractivity contribution < 1.29 is 5.11 Å². The first kappa shape index (κ1) is 14.0. The summed E-state index contributed by atoms with van der Waals surface area (Å²) < 4.78 is 0. The highest BCUT2D eigenvalue weighted by Gasteiger charge is 2.26. The van der Waals surface area contributed by atoms with Gasteiger partial charge in [-0.2, -0.15) is 0 Å².